The lowest BCUT2D eigenvalue weighted by molar-refractivity contribution is -0.337. The Labute approximate surface area is 509 Å². The lowest BCUT2D eigenvalue weighted by atomic mass is 9.83. The van der Waals surface area contributed by atoms with Crippen LogP contribution < -0.4 is 4.74 Å². The molecule has 0 unspecified atom stereocenters. The van der Waals surface area contributed by atoms with Crippen LogP contribution in [0.2, 0.25) is 0 Å². The number of nitrogens with zero attached hydrogens (tertiary/aromatic N) is 3. The molecule has 460 valence electrons. The second-order valence-electron chi connectivity index (χ2n) is 22.4. The number of rotatable bonds is 38. The molecule has 1 aliphatic heterocycles. The normalized spacial score (nSPS) is 22.8. The van der Waals surface area contributed by atoms with Gasteiger partial charge in [0.1, 0.15) is 54.5 Å². The second kappa shape index (κ2) is 37.3. The van der Waals surface area contributed by atoms with E-state index < -0.39 is 73.2 Å². The number of azide groups is 1. The van der Waals surface area contributed by atoms with Crippen molar-refractivity contribution in [3.63, 3.8) is 0 Å². The van der Waals surface area contributed by atoms with E-state index >= 15 is 0 Å². The Kier molecular flexibility index (Phi) is 28.4. The first-order valence-corrected chi connectivity index (χ1v) is 31.1. The van der Waals surface area contributed by atoms with Gasteiger partial charge in [-0.05, 0) is 57.5 Å². The fraction of sp³-hybridized carbons (Fsp3) is 0.479. The van der Waals surface area contributed by atoms with Crippen molar-refractivity contribution in [3.05, 3.63) is 220 Å². The molecular weight excluding hydrogens is 1090 g/mol. The van der Waals surface area contributed by atoms with E-state index in [9.17, 15) is 15.4 Å². The molecule has 0 aromatic heterocycles. The summed E-state index contributed by atoms with van der Waals surface area (Å²) < 4.78 is 68.1. The molecule has 0 bridgehead atoms. The molecular formula is C71H89N3O12. The van der Waals surface area contributed by atoms with Crippen LogP contribution in [-0.2, 0) is 87.1 Å². The third-order valence-electron chi connectivity index (χ3n) is 15.9. The van der Waals surface area contributed by atoms with Crippen molar-refractivity contribution in [1.82, 2.24) is 0 Å². The summed E-state index contributed by atoms with van der Waals surface area (Å²) in [7, 11) is 1.61. The molecule has 1 N–H and O–H groups in total. The van der Waals surface area contributed by atoms with E-state index in [2.05, 4.69) is 16.9 Å². The van der Waals surface area contributed by atoms with Gasteiger partial charge in [0.25, 0.3) is 0 Å². The van der Waals surface area contributed by atoms with E-state index in [4.69, 9.17) is 47.4 Å². The number of aliphatic hydroxyl groups is 1. The summed E-state index contributed by atoms with van der Waals surface area (Å²) in [6, 6.07) is 54.8. The molecule has 15 nitrogen and oxygen atoms in total. The second-order valence-corrected chi connectivity index (χ2v) is 22.4. The number of esters is 1. The van der Waals surface area contributed by atoms with Crippen molar-refractivity contribution < 1.29 is 57.3 Å². The number of carbonyl (C=O) groups is 1. The van der Waals surface area contributed by atoms with E-state index in [1.54, 1.807) is 7.11 Å². The minimum atomic E-state index is -1.43. The van der Waals surface area contributed by atoms with Crippen molar-refractivity contribution in [2.24, 2.45) is 5.11 Å². The van der Waals surface area contributed by atoms with Gasteiger partial charge in [0.2, 0.25) is 0 Å². The average molecular weight is 1180 g/mol. The van der Waals surface area contributed by atoms with Gasteiger partial charge in [0, 0.05) is 11.3 Å². The Morgan fingerprint density at radius 1 is 0.477 bits per heavy atom. The van der Waals surface area contributed by atoms with Crippen molar-refractivity contribution in [2.45, 2.75) is 204 Å². The highest BCUT2D eigenvalue weighted by Crippen LogP contribution is 2.39. The fourth-order valence-corrected chi connectivity index (χ4v) is 11.2. The van der Waals surface area contributed by atoms with Gasteiger partial charge in [-0.25, -0.2) is 0 Å². The molecule has 0 radical (unpaired) electrons. The highest BCUT2D eigenvalue weighted by molar-refractivity contribution is 5.69. The van der Waals surface area contributed by atoms with Crippen LogP contribution in [0, 0.1) is 0 Å². The first kappa shape index (κ1) is 65.5. The van der Waals surface area contributed by atoms with Gasteiger partial charge in [-0.3, -0.25) is 4.79 Å². The first-order valence-electron chi connectivity index (χ1n) is 31.1. The van der Waals surface area contributed by atoms with Crippen LogP contribution in [0.5, 0.6) is 5.75 Å². The number of unbranched alkanes of at least 4 members (excludes halogenated alkanes) is 12. The molecule has 8 rings (SSSR count). The van der Waals surface area contributed by atoms with Gasteiger partial charge in [0.05, 0.1) is 59.5 Å². The number of hydrogen-bond donors (Lipinski definition) is 1. The Bertz CT molecular complexity index is 2820. The Hall–Kier alpha value is -6.46. The van der Waals surface area contributed by atoms with Gasteiger partial charge in [-0.15, -0.1) is 0 Å². The zero-order chi connectivity index (χ0) is 59.8. The first-order chi connectivity index (χ1) is 42.4. The predicted octanol–water partition coefficient (Wildman–Crippen LogP) is 14.7. The van der Waals surface area contributed by atoms with Crippen LogP contribution in [0.3, 0.4) is 0 Å². The van der Waals surface area contributed by atoms with E-state index in [0.717, 1.165) is 52.6 Å². The molecule has 11 atom stereocenters. The molecule has 1 saturated carbocycles. The predicted molar refractivity (Wildman–Crippen MR) is 330 cm³/mol. The summed E-state index contributed by atoms with van der Waals surface area (Å²) in [5, 5.41) is 16.6. The molecule has 2 aliphatic rings. The number of benzene rings is 6. The maximum atomic E-state index is 14.8. The molecule has 6 aromatic carbocycles. The standard InChI is InChI=1S/C71H89N3O12/c1-3-4-5-6-7-8-9-10-11-12-13-14-30-41-61(75)85-69-66(81-49-56-37-26-18-27-38-56)65(80-48-55-35-24-17-25-36-55)67(82-50-57-39-28-19-29-40-57)70(68(69)83-51-58-42-44-59(77-2)45-43-58)86-71-62(73-74-72)64(79-47-54-33-22-16-23-34-54)63(76)60(84-71)52-78-46-53-31-20-15-21-32-53/h15-29,31-40,42-45,60,62-71,76H,3-14,30,41,46-52H2,1-2H3/t60-,62-,63-,64-,65-,66-,67+,68-,69-,70-,71-/m1/s1. The molecule has 1 saturated heterocycles. The van der Waals surface area contributed by atoms with Crippen molar-refractivity contribution >= 4 is 5.97 Å². The zero-order valence-electron chi connectivity index (χ0n) is 50.2. The highest BCUT2D eigenvalue weighted by Gasteiger charge is 2.58. The summed E-state index contributed by atoms with van der Waals surface area (Å²) in [6.07, 6.45) is 3.68. The highest BCUT2D eigenvalue weighted by atomic mass is 16.7. The summed E-state index contributed by atoms with van der Waals surface area (Å²) in [5.74, 6) is 0.240. The SMILES string of the molecule is CCCCCCCCCCCCCCCC(=O)O[C@@H]1[C@H](OCc2ccccc2)[C@@H](OCc2ccccc2)[C@H](OCc2ccccc2)[C@@H](O[C@H]2O[C@H](COCc3ccccc3)[C@@H](O)[C@H](OCc3ccccc3)[C@H]2N=[N+]=[N-])[C@@H]1OCc1ccc(OC)cc1. The van der Waals surface area contributed by atoms with Crippen LogP contribution in [-0.4, -0.2) is 92.1 Å². The lowest BCUT2D eigenvalue weighted by Crippen LogP contribution is -2.69. The van der Waals surface area contributed by atoms with E-state index in [1.807, 2.05) is 176 Å². The van der Waals surface area contributed by atoms with Crippen LogP contribution in [0.15, 0.2) is 181 Å². The van der Waals surface area contributed by atoms with Crippen LogP contribution >= 0.6 is 0 Å². The maximum absolute atomic E-state index is 14.8. The summed E-state index contributed by atoms with van der Waals surface area (Å²) in [5.41, 5.74) is 15.6. The van der Waals surface area contributed by atoms with E-state index in [0.29, 0.717) is 12.2 Å². The fourth-order valence-electron chi connectivity index (χ4n) is 11.2. The minimum Gasteiger partial charge on any atom is -0.497 e. The van der Waals surface area contributed by atoms with Gasteiger partial charge in [-0.1, -0.05) is 253 Å². The van der Waals surface area contributed by atoms with Crippen molar-refractivity contribution in [3.8, 4) is 5.75 Å². The number of hydrogen-bond acceptors (Lipinski definition) is 13. The molecule has 0 amide bonds. The Morgan fingerprint density at radius 2 is 0.849 bits per heavy atom. The molecule has 15 heteroatoms. The maximum Gasteiger partial charge on any atom is 0.306 e. The van der Waals surface area contributed by atoms with Crippen molar-refractivity contribution in [1.29, 1.82) is 0 Å². The van der Waals surface area contributed by atoms with E-state index in [1.165, 1.54) is 57.8 Å². The van der Waals surface area contributed by atoms with Crippen LogP contribution in [0.25, 0.3) is 10.4 Å². The molecule has 2 fully saturated rings. The smallest absolute Gasteiger partial charge is 0.306 e. The number of ether oxygens (including phenoxy) is 10. The monoisotopic (exact) mass is 1180 g/mol. The largest absolute Gasteiger partial charge is 0.497 e. The van der Waals surface area contributed by atoms with Gasteiger partial charge < -0.3 is 52.5 Å². The van der Waals surface area contributed by atoms with Crippen LogP contribution in [0.1, 0.15) is 130 Å². The number of aliphatic hydroxyl groups excluding tert-OH is 1. The molecule has 0 spiro atoms. The molecule has 86 heavy (non-hydrogen) atoms. The zero-order valence-corrected chi connectivity index (χ0v) is 50.2. The number of carbonyl (C=O) groups excluding carboxylic acids is 1. The molecule has 6 aromatic rings. The van der Waals surface area contributed by atoms with E-state index in [-0.39, 0.29) is 52.7 Å². The third-order valence-corrected chi connectivity index (χ3v) is 15.9. The molecule has 1 aliphatic carbocycles. The molecule has 1 heterocycles. The third kappa shape index (κ3) is 21.2. The topological polar surface area (TPSA) is 178 Å². The Balaban J connectivity index is 1.17. The van der Waals surface area contributed by atoms with Gasteiger partial charge in [-0.2, -0.15) is 0 Å². The van der Waals surface area contributed by atoms with Crippen molar-refractivity contribution in [2.75, 3.05) is 13.7 Å². The van der Waals surface area contributed by atoms with Crippen LogP contribution in [0.4, 0.5) is 0 Å². The average Bonchev–Trinajstić information content (AvgIpc) is 0.970. The number of methoxy groups -OCH3 is 1. The van der Waals surface area contributed by atoms with Gasteiger partial charge in [0.15, 0.2) is 12.4 Å². The summed E-state index contributed by atoms with van der Waals surface area (Å²) in [4.78, 5) is 18.1. The lowest BCUT2D eigenvalue weighted by Gasteiger charge is -2.51. The summed E-state index contributed by atoms with van der Waals surface area (Å²) in [6.45, 7) is 2.83. The Morgan fingerprint density at radius 3 is 1.28 bits per heavy atom. The minimum absolute atomic E-state index is 0.0244. The van der Waals surface area contributed by atoms with Gasteiger partial charge >= 0.3 is 5.97 Å². The summed E-state index contributed by atoms with van der Waals surface area (Å²) >= 11 is 0. The quantitative estimate of drug-likeness (QED) is 0.0128.